The molecule has 3 atom stereocenters. The Morgan fingerprint density at radius 2 is 2.05 bits per heavy atom. The van der Waals surface area contributed by atoms with Crippen LogP contribution in [0.1, 0.15) is 10.4 Å². The van der Waals surface area contributed by atoms with Crippen LogP contribution in [0.3, 0.4) is 0 Å². The Hall–Kier alpha value is -2.18. The Morgan fingerprint density at radius 3 is 2.79 bits per heavy atom. The van der Waals surface area contributed by atoms with Crippen LogP contribution in [-0.2, 0) is 9.53 Å². The number of epoxide rings is 1. The summed E-state index contributed by atoms with van der Waals surface area (Å²) < 4.78 is 4.99. The van der Waals surface area contributed by atoms with Gasteiger partial charge in [-0.2, -0.15) is 0 Å². The summed E-state index contributed by atoms with van der Waals surface area (Å²) in [5.74, 6) is -1.03. The summed E-state index contributed by atoms with van der Waals surface area (Å²) in [6.45, 7) is 0. The van der Waals surface area contributed by atoms with E-state index in [1.807, 2.05) is 0 Å². The monoisotopic (exact) mass is 261 g/mol. The van der Waals surface area contributed by atoms with Crippen molar-refractivity contribution in [2.24, 2.45) is 0 Å². The van der Waals surface area contributed by atoms with Gasteiger partial charge in [0.2, 0.25) is 0 Å². The van der Waals surface area contributed by atoms with Gasteiger partial charge in [-0.05, 0) is 12.1 Å². The van der Waals surface area contributed by atoms with Crippen LogP contribution >= 0.6 is 0 Å². The number of benzene rings is 1. The van der Waals surface area contributed by atoms with Crippen molar-refractivity contribution in [3.05, 3.63) is 41.6 Å². The van der Waals surface area contributed by atoms with Gasteiger partial charge in [0.25, 0.3) is 5.91 Å². The second-order valence-corrected chi connectivity index (χ2v) is 4.44. The molecule has 1 aliphatic carbocycles. The number of hydrogen-bond donors (Lipinski definition) is 3. The average molecular weight is 261 g/mol. The Balaban J connectivity index is 1.80. The van der Waals surface area contributed by atoms with Crippen LogP contribution in [0, 0.1) is 0 Å². The molecule has 1 heterocycles. The van der Waals surface area contributed by atoms with Gasteiger partial charge < -0.3 is 20.3 Å². The number of phenols is 1. The first-order chi connectivity index (χ1) is 9.08. The number of phenolic OH excluding ortho intramolecular Hbond substituents is 1. The quantitative estimate of drug-likeness (QED) is 0.636. The van der Waals surface area contributed by atoms with Crippen LogP contribution in [-0.4, -0.2) is 40.2 Å². The summed E-state index contributed by atoms with van der Waals surface area (Å²) in [5.41, 5.74) is 0.166. The summed E-state index contributed by atoms with van der Waals surface area (Å²) in [4.78, 5) is 23.4. The minimum absolute atomic E-state index is 0.0712. The van der Waals surface area contributed by atoms with Gasteiger partial charge in [-0.15, -0.1) is 0 Å². The molecule has 3 rings (SSSR count). The van der Waals surface area contributed by atoms with E-state index in [1.54, 1.807) is 12.1 Å². The lowest BCUT2D eigenvalue weighted by molar-refractivity contribution is -0.116. The standard InChI is InChI=1S/C13H11NO5/c15-8-4-2-1-3-6(8)13(18)14-7-5-9(16)11-12(19-11)10(7)17/h1-5,10-12,15,17H,(H,14,18)/t10-,11+,12-/m1/s1. The number of aliphatic hydroxyl groups is 1. The van der Waals surface area contributed by atoms with E-state index in [4.69, 9.17) is 4.74 Å². The summed E-state index contributed by atoms with van der Waals surface area (Å²) >= 11 is 0. The molecule has 0 aromatic heterocycles. The van der Waals surface area contributed by atoms with Gasteiger partial charge in [-0.25, -0.2) is 0 Å². The predicted molar refractivity (Wildman–Crippen MR) is 63.3 cm³/mol. The van der Waals surface area contributed by atoms with E-state index in [0.29, 0.717) is 0 Å². The van der Waals surface area contributed by atoms with Gasteiger partial charge in [0, 0.05) is 6.08 Å². The second kappa shape index (κ2) is 4.18. The molecule has 1 aromatic rings. The zero-order chi connectivity index (χ0) is 13.6. The number of carbonyl (C=O) groups excluding carboxylic acids is 2. The normalized spacial score (nSPS) is 28.4. The van der Waals surface area contributed by atoms with Gasteiger partial charge in [-0.1, -0.05) is 12.1 Å². The van der Waals surface area contributed by atoms with E-state index < -0.39 is 24.2 Å². The highest BCUT2D eigenvalue weighted by molar-refractivity contribution is 6.01. The summed E-state index contributed by atoms with van der Waals surface area (Å²) in [7, 11) is 0. The second-order valence-electron chi connectivity index (χ2n) is 4.44. The lowest BCUT2D eigenvalue weighted by atomic mass is 10.0. The number of ether oxygens (including phenoxy) is 1. The van der Waals surface area contributed by atoms with Crippen molar-refractivity contribution < 1.29 is 24.5 Å². The number of carbonyl (C=O) groups is 2. The Kier molecular flexibility index (Phi) is 2.62. The maximum Gasteiger partial charge on any atom is 0.259 e. The predicted octanol–water partition coefficient (Wildman–Crippen LogP) is -0.283. The van der Waals surface area contributed by atoms with E-state index in [-0.39, 0.29) is 22.8 Å². The molecular weight excluding hydrogens is 250 g/mol. The Bertz CT molecular complexity index is 594. The summed E-state index contributed by atoms with van der Waals surface area (Å²) in [6, 6.07) is 6.02. The van der Waals surface area contributed by atoms with E-state index in [1.165, 1.54) is 12.1 Å². The maximum atomic E-state index is 11.9. The summed E-state index contributed by atoms with van der Waals surface area (Å²) in [5, 5.41) is 21.8. The smallest absolute Gasteiger partial charge is 0.259 e. The molecule has 0 unspecified atom stereocenters. The number of para-hydroxylation sites is 1. The Labute approximate surface area is 108 Å². The topological polar surface area (TPSA) is 99.2 Å². The number of rotatable bonds is 2. The first-order valence-electron chi connectivity index (χ1n) is 5.76. The molecule has 0 bridgehead atoms. The average Bonchev–Trinajstić information content (AvgIpc) is 3.17. The molecule has 0 saturated carbocycles. The molecule has 0 radical (unpaired) electrons. The van der Waals surface area contributed by atoms with Crippen molar-refractivity contribution in [2.75, 3.05) is 0 Å². The number of fused-ring (bicyclic) bond motifs is 1. The molecule has 6 heteroatoms. The number of ketones is 1. The zero-order valence-corrected chi connectivity index (χ0v) is 9.74. The largest absolute Gasteiger partial charge is 0.507 e. The molecule has 1 fully saturated rings. The minimum atomic E-state index is -1.03. The number of amides is 1. The third kappa shape index (κ3) is 2.00. The number of hydrogen-bond acceptors (Lipinski definition) is 5. The first kappa shape index (κ1) is 11.9. The van der Waals surface area contributed by atoms with E-state index in [9.17, 15) is 19.8 Å². The van der Waals surface area contributed by atoms with Gasteiger partial charge >= 0.3 is 0 Å². The van der Waals surface area contributed by atoms with Crippen LogP contribution in [0.5, 0.6) is 5.75 Å². The molecule has 3 N–H and O–H groups in total. The van der Waals surface area contributed by atoms with Crippen molar-refractivity contribution in [3.63, 3.8) is 0 Å². The molecule has 1 aromatic carbocycles. The molecule has 0 spiro atoms. The van der Waals surface area contributed by atoms with Crippen molar-refractivity contribution in [3.8, 4) is 5.75 Å². The highest BCUT2D eigenvalue weighted by Gasteiger charge is 2.53. The Morgan fingerprint density at radius 1 is 1.32 bits per heavy atom. The van der Waals surface area contributed by atoms with Crippen molar-refractivity contribution in [1.82, 2.24) is 5.32 Å². The molecule has 2 aliphatic rings. The van der Waals surface area contributed by atoms with Crippen LogP contribution in [0.25, 0.3) is 0 Å². The number of aromatic hydroxyl groups is 1. The maximum absolute atomic E-state index is 11.9. The van der Waals surface area contributed by atoms with Crippen molar-refractivity contribution in [2.45, 2.75) is 18.3 Å². The van der Waals surface area contributed by atoms with E-state index in [0.717, 1.165) is 6.08 Å². The van der Waals surface area contributed by atoms with Crippen LogP contribution in [0.4, 0.5) is 0 Å². The van der Waals surface area contributed by atoms with E-state index >= 15 is 0 Å². The molecule has 6 nitrogen and oxygen atoms in total. The fourth-order valence-corrected chi connectivity index (χ4v) is 2.06. The van der Waals surface area contributed by atoms with Crippen LogP contribution < -0.4 is 5.32 Å². The molecule has 1 saturated heterocycles. The van der Waals surface area contributed by atoms with Gasteiger partial charge in [0.1, 0.15) is 24.1 Å². The van der Waals surface area contributed by atoms with Crippen molar-refractivity contribution in [1.29, 1.82) is 0 Å². The SMILES string of the molecule is O=C(NC1=CC(=O)[C@@H]2O[C@@H]2[C@@H]1O)c1ccccc1O. The molecule has 1 aliphatic heterocycles. The van der Waals surface area contributed by atoms with Gasteiger partial charge in [-0.3, -0.25) is 9.59 Å². The zero-order valence-electron chi connectivity index (χ0n) is 9.74. The van der Waals surface area contributed by atoms with Crippen LogP contribution in [0.15, 0.2) is 36.0 Å². The summed E-state index contributed by atoms with van der Waals surface area (Å²) in [6.07, 6.45) is -1.02. The number of nitrogens with one attached hydrogen (secondary N) is 1. The minimum Gasteiger partial charge on any atom is -0.507 e. The van der Waals surface area contributed by atoms with E-state index in [2.05, 4.69) is 5.32 Å². The fraction of sp³-hybridized carbons (Fsp3) is 0.231. The molecule has 98 valence electrons. The molecular formula is C13H11NO5. The lowest BCUT2D eigenvalue weighted by Gasteiger charge is -2.17. The number of aliphatic hydroxyl groups excluding tert-OH is 1. The molecule has 19 heavy (non-hydrogen) atoms. The fourth-order valence-electron chi connectivity index (χ4n) is 2.06. The highest BCUT2D eigenvalue weighted by Crippen LogP contribution is 2.33. The first-order valence-corrected chi connectivity index (χ1v) is 5.76. The third-order valence-electron chi connectivity index (χ3n) is 3.14. The highest BCUT2D eigenvalue weighted by atomic mass is 16.6. The van der Waals surface area contributed by atoms with Gasteiger partial charge in [0.15, 0.2) is 5.78 Å². The molecule has 1 amide bonds. The van der Waals surface area contributed by atoms with Gasteiger partial charge in [0.05, 0.1) is 11.3 Å². The van der Waals surface area contributed by atoms with Crippen molar-refractivity contribution >= 4 is 11.7 Å². The van der Waals surface area contributed by atoms with Crippen LogP contribution in [0.2, 0.25) is 0 Å². The third-order valence-corrected chi connectivity index (χ3v) is 3.14. The lowest BCUT2D eigenvalue weighted by Crippen LogP contribution is -2.37.